The fourth-order valence-corrected chi connectivity index (χ4v) is 5.93. The quantitative estimate of drug-likeness (QED) is 0.265. The van der Waals surface area contributed by atoms with Crippen molar-refractivity contribution in [3.8, 4) is 17.6 Å². The Morgan fingerprint density at radius 2 is 2.00 bits per heavy atom. The zero-order valence-corrected chi connectivity index (χ0v) is 24.4. The van der Waals surface area contributed by atoms with E-state index < -0.39 is 35.0 Å². The first-order chi connectivity index (χ1) is 19.0. The van der Waals surface area contributed by atoms with Gasteiger partial charge in [0, 0.05) is 5.02 Å². The van der Waals surface area contributed by atoms with Crippen LogP contribution in [0.25, 0.3) is 6.08 Å². The maximum Gasteiger partial charge on any atom is 0.434 e. The number of methoxy groups -OCH3 is 1. The number of ether oxygens (including phenoxy) is 3. The van der Waals surface area contributed by atoms with E-state index in [9.17, 15) is 22.8 Å². The number of allylic oxidation sites excluding steroid dienone is 1. The van der Waals surface area contributed by atoms with Gasteiger partial charge < -0.3 is 14.2 Å². The lowest BCUT2D eigenvalue weighted by Crippen LogP contribution is -2.41. The number of aromatic nitrogens is 1. The van der Waals surface area contributed by atoms with Crippen molar-refractivity contribution in [2.24, 2.45) is 4.99 Å². The summed E-state index contributed by atoms with van der Waals surface area (Å²) in [5, 5.41) is 9.15. The standard InChI is InChI=1S/C26H18ClF3IN3O5S/c1-3-38-24(36)19-20(14-4-6-15(27)7-5-14)34-23(35)18(40-25(34)33-22(19)26(28,29)30)12-13-10-16(31)21(39-9-8-32)17(11-13)37-2/h4-7,10-12,20H,3,9H2,1-2H3/b18-12-/t20-/m0/s1. The Hall–Kier alpha value is -3.35. The first-order valence-electron chi connectivity index (χ1n) is 11.4. The van der Waals surface area contributed by atoms with Crippen molar-refractivity contribution in [3.05, 3.63) is 87.1 Å². The number of nitriles is 1. The summed E-state index contributed by atoms with van der Waals surface area (Å²) in [6, 6.07) is 9.41. The highest BCUT2D eigenvalue weighted by Gasteiger charge is 2.45. The Kier molecular flexibility index (Phi) is 8.91. The number of benzene rings is 2. The van der Waals surface area contributed by atoms with Crippen LogP contribution in [0, 0.1) is 14.9 Å². The molecule has 1 aromatic heterocycles. The van der Waals surface area contributed by atoms with Gasteiger partial charge in [-0.2, -0.15) is 18.4 Å². The summed E-state index contributed by atoms with van der Waals surface area (Å²) < 4.78 is 60.1. The van der Waals surface area contributed by atoms with Crippen molar-refractivity contribution in [1.29, 1.82) is 5.26 Å². The largest absolute Gasteiger partial charge is 0.493 e. The van der Waals surface area contributed by atoms with Crippen LogP contribution < -0.4 is 24.4 Å². The molecule has 0 radical (unpaired) electrons. The summed E-state index contributed by atoms with van der Waals surface area (Å²) in [6.07, 6.45) is -3.53. The zero-order chi connectivity index (χ0) is 29.2. The number of rotatable bonds is 7. The van der Waals surface area contributed by atoms with E-state index in [0.717, 1.165) is 15.9 Å². The smallest absolute Gasteiger partial charge is 0.434 e. The van der Waals surface area contributed by atoms with Crippen LogP contribution in [-0.4, -0.2) is 37.0 Å². The second-order valence-electron chi connectivity index (χ2n) is 8.10. The van der Waals surface area contributed by atoms with Gasteiger partial charge in [-0.1, -0.05) is 35.1 Å². The molecule has 208 valence electrons. The third-order valence-corrected chi connectivity index (χ3v) is 7.65. The molecule has 0 fully saturated rings. The van der Waals surface area contributed by atoms with Gasteiger partial charge in [-0.25, -0.2) is 9.79 Å². The van der Waals surface area contributed by atoms with Crippen LogP contribution in [-0.2, 0) is 9.53 Å². The Bertz CT molecular complexity index is 1730. The molecule has 1 aliphatic rings. The summed E-state index contributed by atoms with van der Waals surface area (Å²) in [6.45, 7) is 1.07. The lowest BCUT2D eigenvalue weighted by Gasteiger charge is -2.26. The predicted octanol–water partition coefficient (Wildman–Crippen LogP) is 4.51. The number of esters is 1. The molecule has 0 spiro atoms. The van der Waals surface area contributed by atoms with Crippen LogP contribution in [0.4, 0.5) is 13.2 Å². The van der Waals surface area contributed by atoms with E-state index in [-0.39, 0.29) is 28.1 Å². The minimum Gasteiger partial charge on any atom is -0.493 e. The summed E-state index contributed by atoms with van der Waals surface area (Å²) in [5.41, 5.74) is -2.20. The normalized spacial score (nSPS) is 15.2. The van der Waals surface area contributed by atoms with Crippen LogP contribution in [0.2, 0.25) is 5.02 Å². The molecule has 4 rings (SSSR count). The molecule has 1 atom stereocenters. The Morgan fingerprint density at radius 3 is 2.60 bits per heavy atom. The Morgan fingerprint density at radius 1 is 1.30 bits per heavy atom. The fraction of sp³-hybridized carbons (Fsp3) is 0.231. The van der Waals surface area contributed by atoms with E-state index in [1.807, 2.05) is 28.7 Å². The fourth-order valence-electron chi connectivity index (χ4n) is 4.02. The van der Waals surface area contributed by atoms with Gasteiger partial charge in [0.15, 0.2) is 28.6 Å². The topological polar surface area (TPSA) is 103 Å². The number of thiazole rings is 1. The number of alkyl halides is 3. The van der Waals surface area contributed by atoms with E-state index in [0.29, 0.717) is 25.7 Å². The molecule has 0 N–H and O–H groups in total. The molecule has 3 aromatic rings. The molecule has 0 unspecified atom stereocenters. The molecule has 2 heterocycles. The average Bonchev–Trinajstić information content (AvgIpc) is 3.21. The third kappa shape index (κ3) is 5.89. The van der Waals surface area contributed by atoms with Crippen molar-refractivity contribution >= 4 is 57.6 Å². The van der Waals surface area contributed by atoms with E-state index in [4.69, 9.17) is 31.1 Å². The van der Waals surface area contributed by atoms with Gasteiger partial charge in [0.1, 0.15) is 6.07 Å². The monoisotopic (exact) mass is 703 g/mol. The molecular weight excluding hydrogens is 686 g/mol. The van der Waals surface area contributed by atoms with Crippen LogP contribution in [0.1, 0.15) is 24.1 Å². The molecule has 0 saturated heterocycles. The lowest BCUT2D eigenvalue weighted by molar-refractivity contribution is -0.140. The van der Waals surface area contributed by atoms with E-state index in [1.54, 1.807) is 12.1 Å². The maximum absolute atomic E-state index is 14.2. The highest BCUT2D eigenvalue weighted by atomic mass is 127. The first-order valence-corrected chi connectivity index (χ1v) is 13.7. The van der Waals surface area contributed by atoms with Gasteiger partial charge in [-0.3, -0.25) is 9.36 Å². The number of hydrogen-bond acceptors (Lipinski definition) is 8. The van der Waals surface area contributed by atoms with Gasteiger partial charge in [-0.05, 0) is 71.0 Å². The molecule has 0 aliphatic carbocycles. The zero-order valence-electron chi connectivity index (χ0n) is 20.7. The molecule has 0 amide bonds. The number of halogens is 5. The molecule has 1 aliphatic heterocycles. The second-order valence-corrected chi connectivity index (χ2v) is 10.7. The maximum atomic E-state index is 14.2. The van der Waals surface area contributed by atoms with Gasteiger partial charge in [0.25, 0.3) is 5.56 Å². The number of carbonyl (C=O) groups excluding carboxylic acids is 1. The van der Waals surface area contributed by atoms with Crippen LogP contribution in [0.15, 0.2) is 57.5 Å². The molecule has 2 aromatic carbocycles. The predicted molar refractivity (Wildman–Crippen MR) is 149 cm³/mol. The lowest BCUT2D eigenvalue weighted by atomic mass is 9.95. The number of hydrogen-bond donors (Lipinski definition) is 0. The van der Waals surface area contributed by atoms with Crippen LogP contribution >= 0.6 is 45.5 Å². The van der Waals surface area contributed by atoms with Gasteiger partial charge in [-0.15, -0.1) is 0 Å². The minimum atomic E-state index is -5.01. The van der Waals surface area contributed by atoms with Crippen molar-refractivity contribution in [2.45, 2.75) is 19.1 Å². The van der Waals surface area contributed by atoms with Gasteiger partial charge in [0.05, 0.1) is 33.4 Å². The summed E-state index contributed by atoms with van der Waals surface area (Å²) in [4.78, 5) is 30.1. The Balaban J connectivity index is 1.99. The van der Waals surface area contributed by atoms with E-state index >= 15 is 0 Å². The second kappa shape index (κ2) is 12.0. The third-order valence-electron chi connectivity index (χ3n) is 5.61. The summed E-state index contributed by atoms with van der Waals surface area (Å²) in [5.74, 6) is -0.607. The first kappa shape index (κ1) is 29.6. The number of fused-ring (bicyclic) bond motifs is 1. The van der Waals surface area contributed by atoms with E-state index in [1.165, 1.54) is 44.4 Å². The molecule has 8 nitrogen and oxygen atoms in total. The highest BCUT2D eigenvalue weighted by Crippen LogP contribution is 2.39. The minimum absolute atomic E-state index is 0.0629. The van der Waals surface area contributed by atoms with Crippen molar-refractivity contribution in [3.63, 3.8) is 0 Å². The Labute approximate surface area is 247 Å². The molecule has 0 bridgehead atoms. The molecule has 40 heavy (non-hydrogen) atoms. The number of nitrogens with zero attached hydrogens (tertiary/aromatic N) is 3. The summed E-state index contributed by atoms with van der Waals surface area (Å²) >= 11 is 8.71. The van der Waals surface area contributed by atoms with Crippen molar-refractivity contribution in [1.82, 2.24) is 4.57 Å². The average molecular weight is 704 g/mol. The molecule has 0 saturated carbocycles. The van der Waals surface area contributed by atoms with Crippen LogP contribution in [0.3, 0.4) is 0 Å². The highest BCUT2D eigenvalue weighted by molar-refractivity contribution is 14.1. The van der Waals surface area contributed by atoms with Gasteiger partial charge >= 0.3 is 12.1 Å². The van der Waals surface area contributed by atoms with E-state index in [2.05, 4.69) is 4.99 Å². The van der Waals surface area contributed by atoms with Crippen molar-refractivity contribution in [2.75, 3.05) is 20.3 Å². The van der Waals surface area contributed by atoms with Gasteiger partial charge in [0.2, 0.25) is 0 Å². The molecule has 14 heteroatoms. The number of carbonyl (C=O) groups is 1. The molecular formula is C26H18ClF3IN3O5S. The summed E-state index contributed by atoms with van der Waals surface area (Å²) in [7, 11) is 1.41. The SMILES string of the molecule is CCOC(=O)C1=C(C(F)(F)F)N=c2s/c(=C\c3cc(I)c(OCC#N)c(OC)c3)c(=O)n2[C@H]1c1ccc(Cl)cc1. The van der Waals surface area contributed by atoms with Crippen LogP contribution in [0.5, 0.6) is 11.5 Å². The van der Waals surface area contributed by atoms with Crippen molar-refractivity contribution < 1.29 is 32.2 Å².